The van der Waals surface area contributed by atoms with E-state index in [1.807, 2.05) is 0 Å². The molecule has 1 fully saturated rings. The number of allylic oxidation sites excluding steroid dienone is 1. The molecule has 110 valence electrons. The lowest BCUT2D eigenvalue weighted by Gasteiger charge is -2.34. The summed E-state index contributed by atoms with van der Waals surface area (Å²) >= 11 is 3.04. The number of amides is 1. The van der Waals surface area contributed by atoms with Crippen LogP contribution in [0.15, 0.2) is 11.9 Å². The number of nitrogens with zero attached hydrogens (tertiary/aromatic N) is 1. The highest BCUT2D eigenvalue weighted by Crippen LogP contribution is 2.30. The Morgan fingerprint density at radius 3 is 2.63 bits per heavy atom. The first-order valence-electron chi connectivity index (χ1n) is 6.15. The molecule has 1 unspecified atom stereocenters. The van der Waals surface area contributed by atoms with Crippen molar-refractivity contribution in [2.24, 2.45) is 0 Å². The van der Waals surface area contributed by atoms with Gasteiger partial charge < -0.3 is 9.47 Å². The normalized spacial score (nSPS) is 23.6. The van der Waals surface area contributed by atoms with Gasteiger partial charge in [-0.15, -0.1) is 0 Å². The number of ether oxygens (including phenoxy) is 2. The summed E-state index contributed by atoms with van der Waals surface area (Å²) in [6.45, 7) is 9.15. The third-order valence-electron chi connectivity index (χ3n) is 2.61. The van der Waals surface area contributed by atoms with Crippen molar-refractivity contribution in [2.75, 3.05) is 11.9 Å². The molecule has 0 aromatic rings. The average Bonchev–Trinajstić information content (AvgIpc) is 2.51. The van der Waals surface area contributed by atoms with Gasteiger partial charge in [0.15, 0.2) is 0 Å². The van der Waals surface area contributed by atoms with E-state index in [1.165, 1.54) is 11.0 Å². The maximum atomic E-state index is 13.4. The highest BCUT2D eigenvalue weighted by Gasteiger charge is 2.45. The number of hydrogen-bond acceptors (Lipinski definition) is 3. The molecule has 0 aliphatic carbocycles. The largest absolute Gasteiger partial charge is 0.444 e. The Labute approximate surface area is 122 Å². The maximum absolute atomic E-state index is 13.4. The maximum Gasteiger partial charge on any atom is 0.413 e. The number of alkyl halides is 1. The molecular formula is C13H21BrFNO3. The minimum absolute atomic E-state index is 0.117. The SMILES string of the molecule is CC(C)(C)OC(=O)N1C(/C=C(\F)CBr)COC1(C)C. The van der Waals surface area contributed by atoms with E-state index < -0.39 is 23.5 Å². The average molecular weight is 338 g/mol. The van der Waals surface area contributed by atoms with Gasteiger partial charge in [0.1, 0.15) is 17.2 Å². The van der Waals surface area contributed by atoms with Crippen LogP contribution >= 0.6 is 15.9 Å². The predicted octanol–water partition coefficient (Wildman–Crippen LogP) is 3.61. The standard InChI is InChI=1S/C13H21BrFNO3/c1-12(2,3)19-11(17)16-10(6-9(15)7-14)8-18-13(16,4)5/h6,10H,7-8H2,1-5H3/b9-6-. The Morgan fingerprint density at radius 2 is 2.16 bits per heavy atom. The molecule has 0 radical (unpaired) electrons. The molecule has 0 bridgehead atoms. The van der Waals surface area contributed by atoms with E-state index in [0.717, 1.165) is 0 Å². The van der Waals surface area contributed by atoms with Gasteiger partial charge in [0, 0.05) is 0 Å². The number of halogens is 2. The summed E-state index contributed by atoms with van der Waals surface area (Å²) in [6.07, 6.45) is 0.881. The molecule has 6 heteroatoms. The van der Waals surface area contributed by atoms with Gasteiger partial charge in [-0.3, -0.25) is 4.90 Å². The predicted molar refractivity (Wildman–Crippen MR) is 74.9 cm³/mol. The summed E-state index contributed by atoms with van der Waals surface area (Å²) in [4.78, 5) is 13.6. The minimum Gasteiger partial charge on any atom is -0.444 e. The molecule has 0 saturated carbocycles. The zero-order valence-electron chi connectivity index (χ0n) is 12.0. The second-order valence-corrected chi connectivity index (χ2v) is 6.48. The Kier molecular flexibility index (Phi) is 5.01. The summed E-state index contributed by atoms with van der Waals surface area (Å²) in [5.41, 5.74) is -1.41. The molecule has 1 rings (SSSR count). The van der Waals surface area contributed by atoms with Crippen molar-refractivity contribution in [3.8, 4) is 0 Å². The summed E-state index contributed by atoms with van der Waals surface area (Å²) in [6, 6.07) is -0.456. The molecule has 19 heavy (non-hydrogen) atoms. The molecule has 4 nitrogen and oxygen atoms in total. The van der Waals surface area contributed by atoms with Crippen LogP contribution in [-0.4, -0.2) is 40.3 Å². The molecule has 0 aromatic carbocycles. The fourth-order valence-electron chi connectivity index (χ4n) is 1.88. The molecule has 1 aliphatic rings. The first-order valence-corrected chi connectivity index (χ1v) is 7.27. The van der Waals surface area contributed by atoms with Crippen molar-refractivity contribution < 1.29 is 18.7 Å². The van der Waals surface area contributed by atoms with Gasteiger partial charge in [-0.1, -0.05) is 15.9 Å². The van der Waals surface area contributed by atoms with Gasteiger partial charge in [-0.25, -0.2) is 9.18 Å². The molecule has 1 amide bonds. The number of rotatable bonds is 2. The zero-order chi connectivity index (χ0) is 14.8. The fourth-order valence-corrected chi connectivity index (χ4v) is 2.06. The highest BCUT2D eigenvalue weighted by molar-refractivity contribution is 9.09. The molecule has 1 heterocycles. The van der Waals surface area contributed by atoms with Crippen molar-refractivity contribution >= 4 is 22.0 Å². The van der Waals surface area contributed by atoms with E-state index in [0.29, 0.717) is 0 Å². The van der Waals surface area contributed by atoms with Crippen molar-refractivity contribution in [3.05, 3.63) is 11.9 Å². The molecule has 1 saturated heterocycles. The molecular weight excluding hydrogens is 317 g/mol. The molecule has 0 aromatic heterocycles. The van der Waals surface area contributed by atoms with Crippen molar-refractivity contribution in [1.82, 2.24) is 4.90 Å². The third-order valence-corrected chi connectivity index (χ3v) is 3.15. The van der Waals surface area contributed by atoms with Gasteiger partial charge in [-0.2, -0.15) is 0 Å². The Hall–Kier alpha value is -0.620. The summed E-state index contributed by atoms with van der Waals surface area (Å²) in [5, 5.41) is 0.117. The van der Waals surface area contributed by atoms with Gasteiger partial charge in [0.2, 0.25) is 0 Å². The van der Waals surface area contributed by atoms with Gasteiger partial charge in [0.25, 0.3) is 0 Å². The van der Waals surface area contributed by atoms with E-state index in [-0.39, 0.29) is 17.8 Å². The van der Waals surface area contributed by atoms with Crippen molar-refractivity contribution in [2.45, 2.75) is 52.0 Å². The van der Waals surface area contributed by atoms with Crippen LogP contribution in [0.25, 0.3) is 0 Å². The molecule has 0 spiro atoms. The van der Waals surface area contributed by atoms with Crippen LogP contribution in [0.2, 0.25) is 0 Å². The van der Waals surface area contributed by atoms with Crippen LogP contribution in [0, 0.1) is 0 Å². The van der Waals surface area contributed by atoms with E-state index in [2.05, 4.69) is 15.9 Å². The van der Waals surface area contributed by atoms with Crippen molar-refractivity contribution in [3.63, 3.8) is 0 Å². The van der Waals surface area contributed by atoms with E-state index >= 15 is 0 Å². The van der Waals surface area contributed by atoms with Crippen LogP contribution in [0.3, 0.4) is 0 Å². The Bertz CT molecular complexity index is 377. The minimum atomic E-state index is -0.809. The molecule has 0 N–H and O–H groups in total. The highest BCUT2D eigenvalue weighted by atomic mass is 79.9. The zero-order valence-corrected chi connectivity index (χ0v) is 13.6. The van der Waals surface area contributed by atoms with Gasteiger partial charge in [0.05, 0.1) is 18.0 Å². The lowest BCUT2D eigenvalue weighted by molar-refractivity contribution is -0.0610. The van der Waals surface area contributed by atoms with Crippen LogP contribution in [-0.2, 0) is 9.47 Å². The van der Waals surface area contributed by atoms with E-state index in [1.54, 1.807) is 34.6 Å². The first-order chi connectivity index (χ1) is 8.57. The summed E-state index contributed by atoms with van der Waals surface area (Å²) in [7, 11) is 0. The van der Waals surface area contributed by atoms with Gasteiger partial charge >= 0.3 is 6.09 Å². The third kappa shape index (κ3) is 4.45. The quantitative estimate of drug-likeness (QED) is 0.722. The fraction of sp³-hybridized carbons (Fsp3) is 0.769. The van der Waals surface area contributed by atoms with Crippen LogP contribution in [0.5, 0.6) is 0 Å². The van der Waals surface area contributed by atoms with Crippen LogP contribution < -0.4 is 0 Å². The Balaban J connectivity index is 2.93. The van der Waals surface area contributed by atoms with Crippen LogP contribution in [0.1, 0.15) is 34.6 Å². The summed E-state index contributed by atoms with van der Waals surface area (Å²) in [5.74, 6) is -0.333. The summed E-state index contributed by atoms with van der Waals surface area (Å²) < 4.78 is 24.3. The number of carbonyl (C=O) groups is 1. The number of carbonyl (C=O) groups excluding carboxylic acids is 1. The smallest absolute Gasteiger partial charge is 0.413 e. The second kappa shape index (κ2) is 5.79. The number of hydrogen-bond donors (Lipinski definition) is 0. The molecule has 1 aliphatic heterocycles. The Morgan fingerprint density at radius 1 is 1.58 bits per heavy atom. The van der Waals surface area contributed by atoms with Crippen LogP contribution in [0.4, 0.5) is 9.18 Å². The lowest BCUT2D eigenvalue weighted by atomic mass is 10.2. The monoisotopic (exact) mass is 337 g/mol. The van der Waals surface area contributed by atoms with Crippen molar-refractivity contribution in [1.29, 1.82) is 0 Å². The second-order valence-electron chi connectivity index (χ2n) is 5.92. The topological polar surface area (TPSA) is 38.8 Å². The van der Waals surface area contributed by atoms with E-state index in [9.17, 15) is 9.18 Å². The molecule has 1 atom stereocenters. The lowest BCUT2D eigenvalue weighted by Crippen LogP contribution is -2.49. The van der Waals surface area contributed by atoms with Gasteiger partial charge in [-0.05, 0) is 40.7 Å². The van der Waals surface area contributed by atoms with E-state index in [4.69, 9.17) is 9.47 Å². The first kappa shape index (κ1) is 16.4.